The van der Waals surface area contributed by atoms with Crippen LogP contribution in [0.5, 0.6) is 11.5 Å². The maximum absolute atomic E-state index is 5.61. The number of fused-ring (bicyclic) bond motifs is 1. The maximum atomic E-state index is 5.61. The van der Waals surface area contributed by atoms with Gasteiger partial charge in [0, 0.05) is 11.3 Å². The molecule has 0 bridgehead atoms. The summed E-state index contributed by atoms with van der Waals surface area (Å²) in [5, 5.41) is 7.93. The van der Waals surface area contributed by atoms with Crippen LogP contribution >= 0.6 is 12.2 Å². The van der Waals surface area contributed by atoms with Crippen molar-refractivity contribution in [2.75, 3.05) is 18.5 Å². The number of hydrogen-bond acceptors (Lipinski definition) is 4. The average Bonchev–Trinajstić information content (AvgIpc) is 2.66. The van der Waals surface area contributed by atoms with Gasteiger partial charge in [0.2, 0.25) is 0 Å². The van der Waals surface area contributed by atoms with Crippen molar-refractivity contribution in [1.82, 2.24) is 5.43 Å². The Morgan fingerprint density at radius 3 is 2.42 bits per heavy atom. The van der Waals surface area contributed by atoms with Crippen LogP contribution in [0.25, 0.3) is 0 Å². The first-order valence-electron chi connectivity index (χ1n) is 8.64. The van der Waals surface area contributed by atoms with E-state index in [4.69, 9.17) is 21.7 Å². The maximum Gasteiger partial charge on any atom is 0.191 e. The number of benzene rings is 2. The van der Waals surface area contributed by atoms with E-state index in [-0.39, 0.29) is 0 Å². The first kappa shape index (κ1) is 18.2. The number of hydrazone groups is 1. The highest BCUT2D eigenvalue weighted by Gasteiger charge is 2.12. The molecule has 0 aliphatic carbocycles. The second kappa shape index (κ2) is 8.19. The van der Waals surface area contributed by atoms with Crippen LogP contribution < -0.4 is 20.2 Å². The summed E-state index contributed by atoms with van der Waals surface area (Å²) in [5.41, 5.74) is 6.86. The normalized spacial score (nSPS) is 13.5. The van der Waals surface area contributed by atoms with Crippen molar-refractivity contribution < 1.29 is 9.47 Å². The SMILES string of the molecule is C/C(=N/NC(=S)Nc1ccc(C(C)C)cc1)c1ccc2c(c1)OCCO2. The van der Waals surface area contributed by atoms with E-state index in [0.717, 1.165) is 28.5 Å². The highest BCUT2D eigenvalue weighted by atomic mass is 32.1. The third-order valence-corrected chi connectivity index (χ3v) is 4.31. The van der Waals surface area contributed by atoms with E-state index in [1.807, 2.05) is 37.3 Å². The van der Waals surface area contributed by atoms with Crippen LogP contribution in [-0.4, -0.2) is 24.0 Å². The number of rotatable bonds is 4. The van der Waals surface area contributed by atoms with Gasteiger partial charge in [0.15, 0.2) is 16.6 Å². The van der Waals surface area contributed by atoms with Gasteiger partial charge in [-0.25, -0.2) is 0 Å². The summed E-state index contributed by atoms with van der Waals surface area (Å²) in [4.78, 5) is 0. The van der Waals surface area contributed by atoms with Crippen molar-refractivity contribution in [2.24, 2.45) is 5.10 Å². The molecule has 0 aromatic heterocycles. The molecule has 0 fully saturated rings. The lowest BCUT2D eigenvalue weighted by Crippen LogP contribution is -2.25. The quantitative estimate of drug-likeness (QED) is 0.478. The van der Waals surface area contributed by atoms with Crippen LogP contribution in [0.1, 0.15) is 37.8 Å². The zero-order valence-electron chi connectivity index (χ0n) is 15.2. The molecule has 0 saturated carbocycles. The average molecular weight is 369 g/mol. The minimum atomic E-state index is 0.444. The van der Waals surface area contributed by atoms with Gasteiger partial charge in [-0.2, -0.15) is 5.10 Å². The van der Waals surface area contributed by atoms with Gasteiger partial charge < -0.3 is 14.8 Å². The molecule has 2 aromatic rings. The Morgan fingerprint density at radius 2 is 1.73 bits per heavy atom. The first-order chi connectivity index (χ1) is 12.5. The summed E-state index contributed by atoms with van der Waals surface area (Å²) in [6.45, 7) is 7.40. The molecule has 0 unspecified atom stereocenters. The molecular formula is C20H23N3O2S. The Kier molecular flexibility index (Phi) is 5.73. The number of nitrogens with zero attached hydrogens (tertiary/aromatic N) is 1. The molecule has 3 rings (SSSR count). The second-order valence-electron chi connectivity index (χ2n) is 6.40. The Morgan fingerprint density at radius 1 is 1.04 bits per heavy atom. The van der Waals surface area contributed by atoms with Crippen molar-refractivity contribution in [3.63, 3.8) is 0 Å². The Balaban J connectivity index is 1.60. The van der Waals surface area contributed by atoms with Crippen LogP contribution in [0, 0.1) is 0 Å². The van der Waals surface area contributed by atoms with Gasteiger partial charge in [-0.15, -0.1) is 0 Å². The van der Waals surface area contributed by atoms with Gasteiger partial charge >= 0.3 is 0 Å². The zero-order valence-corrected chi connectivity index (χ0v) is 16.0. The van der Waals surface area contributed by atoms with Crippen LogP contribution in [0.15, 0.2) is 47.6 Å². The fraction of sp³-hybridized carbons (Fsp3) is 0.300. The van der Waals surface area contributed by atoms with Gasteiger partial charge in [-0.05, 0) is 61.0 Å². The molecule has 1 heterocycles. The molecular weight excluding hydrogens is 346 g/mol. The van der Waals surface area contributed by atoms with E-state index in [2.05, 4.69) is 41.8 Å². The van der Waals surface area contributed by atoms with E-state index in [1.54, 1.807) is 0 Å². The molecule has 136 valence electrons. The minimum absolute atomic E-state index is 0.444. The van der Waals surface area contributed by atoms with Crippen LogP contribution in [-0.2, 0) is 0 Å². The van der Waals surface area contributed by atoms with Crippen LogP contribution in [0.4, 0.5) is 5.69 Å². The van der Waals surface area contributed by atoms with Gasteiger partial charge in [0.1, 0.15) is 13.2 Å². The molecule has 0 spiro atoms. The highest BCUT2D eigenvalue weighted by Crippen LogP contribution is 2.30. The molecule has 1 aliphatic rings. The minimum Gasteiger partial charge on any atom is -0.486 e. The third kappa shape index (κ3) is 4.52. The fourth-order valence-corrected chi connectivity index (χ4v) is 2.74. The molecule has 0 atom stereocenters. The van der Waals surface area contributed by atoms with Crippen molar-refractivity contribution >= 4 is 28.7 Å². The predicted octanol–water partition coefficient (Wildman–Crippen LogP) is 4.29. The molecule has 0 amide bonds. The summed E-state index contributed by atoms with van der Waals surface area (Å²) in [5.74, 6) is 2.02. The van der Waals surface area contributed by atoms with Crippen molar-refractivity contribution in [3.8, 4) is 11.5 Å². The number of ether oxygens (including phenoxy) is 2. The molecule has 5 nitrogen and oxygen atoms in total. The van der Waals surface area contributed by atoms with Crippen molar-refractivity contribution in [2.45, 2.75) is 26.7 Å². The number of thiocarbonyl (C=S) groups is 1. The van der Waals surface area contributed by atoms with E-state index in [1.165, 1.54) is 5.56 Å². The smallest absolute Gasteiger partial charge is 0.191 e. The molecule has 26 heavy (non-hydrogen) atoms. The third-order valence-electron chi connectivity index (χ3n) is 4.12. The van der Waals surface area contributed by atoms with Gasteiger partial charge in [-0.3, -0.25) is 5.43 Å². The fourth-order valence-electron chi connectivity index (χ4n) is 2.58. The lowest BCUT2D eigenvalue weighted by molar-refractivity contribution is 0.171. The van der Waals surface area contributed by atoms with Crippen molar-refractivity contribution in [3.05, 3.63) is 53.6 Å². The lowest BCUT2D eigenvalue weighted by atomic mass is 10.0. The summed E-state index contributed by atoms with van der Waals surface area (Å²) in [6.07, 6.45) is 0. The standard InChI is InChI=1S/C20H23N3O2S/c1-13(2)15-4-7-17(8-5-15)21-20(26)23-22-14(3)16-6-9-18-19(12-16)25-11-10-24-18/h4-9,12-13H,10-11H2,1-3H3,(H2,21,23,26)/b22-14-. The molecule has 0 radical (unpaired) electrons. The molecule has 2 N–H and O–H groups in total. The molecule has 1 aliphatic heterocycles. The number of anilines is 1. The van der Waals surface area contributed by atoms with Crippen LogP contribution in [0.2, 0.25) is 0 Å². The number of hydrogen-bond donors (Lipinski definition) is 2. The lowest BCUT2D eigenvalue weighted by Gasteiger charge is -2.18. The molecule has 0 saturated heterocycles. The summed E-state index contributed by atoms with van der Waals surface area (Å²) in [6, 6.07) is 14.0. The Bertz CT molecular complexity index is 816. The Hall–Kier alpha value is -2.60. The molecule has 6 heteroatoms. The van der Waals surface area contributed by atoms with Gasteiger partial charge in [0.25, 0.3) is 0 Å². The monoisotopic (exact) mass is 369 g/mol. The second-order valence-corrected chi connectivity index (χ2v) is 6.81. The van der Waals surface area contributed by atoms with Gasteiger partial charge in [0.05, 0.1) is 5.71 Å². The summed E-state index contributed by atoms with van der Waals surface area (Å²) in [7, 11) is 0. The summed E-state index contributed by atoms with van der Waals surface area (Å²) >= 11 is 5.31. The number of nitrogens with one attached hydrogen (secondary N) is 2. The highest BCUT2D eigenvalue weighted by molar-refractivity contribution is 7.80. The molecule has 2 aromatic carbocycles. The van der Waals surface area contributed by atoms with E-state index in [0.29, 0.717) is 24.2 Å². The van der Waals surface area contributed by atoms with Crippen molar-refractivity contribution in [1.29, 1.82) is 0 Å². The first-order valence-corrected chi connectivity index (χ1v) is 9.05. The van der Waals surface area contributed by atoms with E-state index >= 15 is 0 Å². The predicted molar refractivity (Wildman–Crippen MR) is 110 cm³/mol. The topological polar surface area (TPSA) is 54.9 Å². The van der Waals surface area contributed by atoms with Gasteiger partial charge in [-0.1, -0.05) is 26.0 Å². The van der Waals surface area contributed by atoms with Crippen LogP contribution in [0.3, 0.4) is 0 Å². The Labute approximate surface area is 159 Å². The van der Waals surface area contributed by atoms with E-state index < -0.39 is 0 Å². The van der Waals surface area contributed by atoms with E-state index in [9.17, 15) is 0 Å². The summed E-state index contributed by atoms with van der Waals surface area (Å²) < 4.78 is 11.1. The zero-order chi connectivity index (χ0) is 18.5. The largest absolute Gasteiger partial charge is 0.486 e.